The molecule has 33 heavy (non-hydrogen) atoms. The molecule has 0 bridgehead atoms. The van der Waals surface area contributed by atoms with Crippen LogP contribution in [-0.4, -0.2) is 39.7 Å². The van der Waals surface area contributed by atoms with Gasteiger partial charge in [0.2, 0.25) is 5.75 Å². The molecular weight excluding hydrogens is 438 g/mol. The van der Waals surface area contributed by atoms with Crippen molar-refractivity contribution in [2.75, 3.05) is 33.9 Å². The molecule has 3 aromatic carbocycles. The highest BCUT2D eigenvalue weighted by Gasteiger charge is 2.37. The van der Waals surface area contributed by atoms with Crippen LogP contribution in [0.4, 0.5) is 0 Å². The summed E-state index contributed by atoms with van der Waals surface area (Å²) in [6, 6.07) is 24.0. The van der Waals surface area contributed by atoms with Gasteiger partial charge >= 0.3 is 0 Å². The van der Waals surface area contributed by atoms with Crippen LogP contribution in [0.2, 0.25) is 0 Å². The lowest BCUT2D eigenvalue weighted by Crippen LogP contribution is -3.00. The highest BCUT2D eigenvalue weighted by molar-refractivity contribution is 6.01. The van der Waals surface area contributed by atoms with Crippen molar-refractivity contribution in [3.63, 3.8) is 0 Å². The molecular formula is C27H30ClNO4. The Bertz CT molecular complexity index is 1030. The number of Topliss-reactive ketones (excluding diaryl/α,β-unsaturated/α-hetero) is 1. The lowest BCUT2D eigenvalue weighted by Gasteiger charge is -2.31. The van der Waals surface area contributed by atoms with E-state index in [0.29, 0.717) is 23.9 Å². The highest BCUT2D eigenvalue weighted by Crippen LogP contribution is 2.37. The number of hydrogen-bond acceptors (Lipinski definition) is 4. The Morgan fingerprint density at radius 2 is 1.55 bits per heavy atom. The van der Waals surface area contributed by atoms with Gasteiger partial charge in [0, 0.05) is 11.5 Å². The van der Waals surface area contributed by atoms with E-state index in [2.05, 4.69) is 35.6 Å². The van der Waals surface area contributed by atoms with Crippen molar-refractivity contribution in [2.24, 2.45) is 5.92 Å². The number of rotatable bonds is 9. The largest absolute Gasteiger partial charge is 1.00 e. The van der Waals surface area contributed by atoms with E-state index in [1.807, 2.05) is 42.5 Å². The maximum absolute atomic E-state index is 13.4. The van der Waals surface area contributed by atoms with E-state index in [4.69, 9.17) is 14.2 Å². The van der Waals surface area contributed by atoms with Crippen LogP contribution in [0, 0.1) is 5.92 Å². The summed E-state index contributed by atoms with van der Waals surface area (Å²) in [6.45, 7) is 1.94. The topological polar surface area (TPSA) is 61.4 Å². The van der Waals surface area contributed by atoms with Crippen molar-refractivity contribution < 1.29 is 36.7 Å². The van der Waals surface area contributed by atoms with Gasteiger partial charge in [0.1, 0.15) is 13.2 Å². The van der Waals surface area contributed by atoms with Crippen molar-refractivity contribution in [3.05, 3.63) is 89.5 Å². The van der Waals surface area contributed by atoms with E-state index in [9.17, 15) is 4.79 Å². The molecule has 0 amide bonds. The monoisotopic (exact) mass is 467 g/mol. The quantitative estimate of drug-likeness (QED) is 0.465. The Balaban J connectivity index is 0.00000306. The second-order valence-electron chi connectivity index (χ2n) is 8.00. The number of ketones is 1. The summed E-state index contributed by atoms with van der Waals surface area (Å²) in [5.41, 5.74) is 3.24. The predicted molar refractivity (Wildman–Crippen MR) is 124 cm³/mol. The minimum absolute atomic E-state index is 0. The number of halogens is 1. The van der Waals surface area contributed by atoms with Gasteiger partial charge < -0.3 is 31.9 Å². The summed E-state index contributed by atoms with van der Waals surface area (Å²) in [5, 5.41) is 2.17. The Labute approximate surface area is 201 Å². The first kappa shape index (κ1) is 24.6. The minimum atomic E-state index is -0.0619. The average Bonchev–Trinajstić information content (AvgIpc) is 2.85. The molecule has 0 unspecified atom stereocenters. The number of hydrogen-bond donors (Lipinski definition) is 1. The predicted octanol–water partition coefficient (Wildman–Crippen LogP) is 0.489. The van der Waals surface area contributed by atoms with Crippen molar-refractivity contribution in [1.29, 1.82) is 0 Å². The van der Waals surface area contributed by atoms with Crippen LogP contribution < -0.4 is 31.9 Å². The highest BCUT2D eigenvalue weighted by atomic mass is 35.5. The van der Waals surface area contributed by atoms with Crippen LogP contribution in [0.15, 0.2) is 72.8 Å². The minimum Gasteiger partial charge on any atom is -1.00 e. The third-order valence-corrected chi connectivity index (χ3v) is 6.14. The Hall–Kier alpha value is -3.02. The Kier molecular flexibility index (Phi) is 8.75. The summed E-state index contributed by atoms with van der Waals surface area (Å²) >= 11 is 0. The molecule has 0 heterocycles. The molecule has 4 rings (SSSR count). The lowest BCUT2D eigenvalue weighted by molar-refractivity contribution is -0.659. The van der Waals surface area contributed by atoms with Crippen molar-refractivity contribution in [1.82, 2.24) is 0 Å². The molecule has 6 heteroatoms. The molecule has 174 valence electrons. The summed E-state index contributed by atoms with van der Waals surface area (Å²) in [4.78, 5) is 13.4. The molecule has 0 saturated carbocycles. The van der Waals surface area contributed by atoms with E-state index in [-0.39, 0.29) is 30.0 Å². The third kappa shape index (κ3) is 5.49. The summed E-state index contributed by atoms with van der Waals surface area (Å²) in [6.07, 6.45) is 0.888. The van der Waals surface area contributed by atoms with Gasteiger partial charge in [0.05, 0.1) is 26.7 Å². The number of fused-ring (bicyclic) bond motifs is 1. The smallest absolute Gasteiger partial charge is 0.203 e. The SMILES string of the molecule is COc1cccc(OC)c1OCC[NH2+]C[C@@H]1C(=O)c2ccccc2C[C@H]1c1ccccc1.[Cl-]. The second-order valence-corrected chi connectivity index (χ2v) is 8.00. The first-order chi connectivity index (χ1) is 15.7. The van der Waals surface area contributed by atoms with Crippen molar-refractivity contribution >= 4 is 5.78 Å². The van der Waals surface area contributed by atoms with Crippen LogP contribution in [0.25, 0.3) is 0 Å². The number of methoxy groups -OCH3 is 2. The molecule has 0 aromatic heterocycles. The fourth-order valence-electron chi connectivity index (χ4n) is 4.52. The van der Waals surface area contributed by atoms with Crippen LogP contribution in [-0.2, 0) is 6.42 Å². The number of carbonyl (C=O) groups excluding carboxylic acids is 1. The maximum atomic E-state index is 13.4. The molecule has 3 aromatic rings. The fraction of sp³-hybridized carbons (Fsp3) is 0.296. The average molecular weight is 468 g/mol. The molecule has 5 nitrogen and oxygen atoms in total. The molecule has 2 atom stereocenters. The standard InChI is InChI=1S/C27H29NO4.ClH/c1-30-24-13-8-14-25(31-2)27(24)32-16-15-28-18-23-22(19-9-4-3-5-10-19)17-20-11-6-7-12-21(20)26(23)29;/h3-14,22-23,28H,15-18H2,1-2H3;1H/t22-,23-;/m0./s1. The number of quaternary nitrogens is 1. The summed E-state index contributed by atoms with van der Waals surface area (Å²) < 4.78 is 16.7. The number of carbonyl (C=O) groups is 1. The van der Waals surface area contributed by atoms with Gasteiger partial charge in [-0.2, -0.15) is 0 Å². The summed E-state index contributed by atoms with van der Waals surface area (Å²) in [5.74, 6) is 2.26. The lowest BCUT2D eigenvalue weighted by atomic mass is 9.72. The molecule has 0 radical (unpaired) electrons. The third-order valence-electron chi connectivity index (χ3n) is 6.14. The number of nitrogens with two attached hydrogens (primary N) is 1. The normalized spacial score (nSPS) is 17.0. The first-order valence-corrected chi connectivity index (χ1v) is 11.1. The zero-order chi connectivity index (χ0) is 22.3. The molecule has 0 fully saturated rings. The van der Waals surface area contributed by atoms with Gasteiger partial charge in [0.25, 0.3) is 0 Å². The van der Waals surface area contributed by atoms with E-state index in [1.54, 1.807) is 14.2 Å². The van der Waals surface area contributed by atoms with E-state index < -0.39 is 0 Å². The Morgan fingerprint density at radius 3 is 2.24 bits per heavy atom. The van der Waals surface area contributed by atoms with Gasteiger partial charge in [-0.15, -0.1) is 0 Å². The zero-order valence-corrected chi connectivity index (χ0v) is 19.8. The van der Waals surface area contributed by atoms with E-state index in [0.717, 1.165) is 30.6 Å². The van der Waals surface area contributed by atoms with Crippen LogP contribution >= 0.6 is 0 Å². The van der Waals surface area contributed by atoms with Gasteiger partial charge in [-0.05, 0) is 29.7 Å². The number of para-hydroxylation sites is 1. The van der Waals surface area contributed by atoms with Gasteiger partial charge in [-0.3, -0.25) is 4.79 Å². The first-order valence-electron chi connectivity index (χ1n) is 11.1. The van der Waals surface area contributed by atoms with E-state index >= 15 is 0 Å². The van der Waals surface area contributed by atoms with Crippen LogP contribution in [0.1, 0.15) is 27.4 Å². The van der Waals surface area contributed by atoms with Crippen molar-refractivity contribution in [2.45, 2.75) is 12.3 Å². The van der Waals surface area contributed by atoms with Gasteiger partial charge in [0.15, 0.2) is 17.3 Å². The van der Waals surface area contributed by atoms with E-state index in [1.165, 1.54) is 5.56 Å². The van der Waals surface area contributed by atoms with Crippen LogP contribution in [0.3, 0.4) is 0 Å². The zero-order valence-electron chi connectivity index (χ0n) is 19.0. The molecule has 1 aliphatic rings. The van der Waals surface area contributed by atoms with Crippen molar-refractivity contribution in [3.8, 4) is 17.2 Å². The molecule has 0 saturated heterocycles. The molecule has 1 aliphatic carbocycles. The molecule has 2 N–H and O–H groups in total. The second kappa shape index (κ2) is 11.7. The van der Waals surface area contributed by atoms with Crippen LogP contribution in [0.5, 0.6) is 17.2 Å². The summed E-state index contributed by atoms with van der Waals surface area (Å²) in [7, 11) is 3.23. The maximum Gasteiger partial charge on any atom is 0.203 e. The number of benzene rings is 3. The Morgan fingerprint density at radius 1 is 0.879 bits per heavy atom. The number of ether oxygens (including phenoxy) is 3. The van der Waals surface area contributed by atoms with Gasteiger partial charge in [-0.25, -0.2) is 0 Å². The molecule has 0 aliphatic heterocycles. The van der Waals surface area contributed by atoms with Gasteiger partial charge in [-0.1, -0.05) is 60.7 Å². The fourth-order valence-corrected chi connectivity index (χ4v) is 4.52. The molecule has 0 spiro atoms.